The number of nitrogens with one attached hydrogen (secondary N) is 1. The fraction of sp³-hybridized carbons (Fsp3) is 0.455. The van der Waals surface area contributed by atoms with Gasteiger partial charge in [0, 0.05) is 12.3 Å². The molecular weight excluding hydrogens is 326 g/mol. The second kappa shape index (κ2) is 6.30. The lowest BCUT2D eigenvalue weighted by molar-refractivity contribution is 0.414. The maximum absolute atomic E-state index is 12.1. The summed E-state index contributed by atoms with van der Waals surface area (Å²) in [5.74, 6) is 0.0747. The van der Waals surface area contributed by atoms with Crippen molar-refractivity contribution in [2.45, 2.75) is 17.9 Å². The highest BCUT2D eigenvalue weighted by Gasteiger charge is 2.21. The van der Waals surface area contributed by atoms with Crippen LogP contribution in [0.25, 0.3) is 0 Å². The van der Waals surface area contributed by atoms with Gasteiger partial charge >= 0.3 is 0 Å². The molecule has 1 aromatic rings. The van der Waals surface area contributed by atoms with Gasteiger partial charge in [0.05, 0.1) is 22.8 Å². The normalized spacial score (nSPS) is 14.0. The Bertz CT molecular complexity index is 685. The summed E-state index contributed by atoms with van der Waals surface area (Å²) in [7, 11) is -5.69. The first kappa shape index (κ1) is 17.2. The molecule has 20 heavy (non-hydrogen) atoms. The molecule has 0 unspecified atom stereocenters. The van der Waals surface area contributed by atoms with Gasteiger partial charge in [-0.3, -0.25) is 0 Å². The highest BCUT2D eigenvalue weighted by molar-refractivity contribution is 7.91. The number of hydrogen-bond donors (Lipinski definition) is 1. The van der Waals surface area contributed by atoms with Crippen LogP contribution in [0.3, 0.4) is 0 Å². The molecule has 0 aliphatic heterocycles. The lowest BCUT2D eigenvalue weighted by atomic mass is 10.3. The Hall–Kier alpha value is -0.830. The highest BCUT2D eigenvalue weighted by atomic mass is 35.5. The van der Waals surface area contributed by atoms with E-state index in [9.17, 15) is 16.8 Å². The van der Waals surface area contributed by atoms with E-state index in [2.05, 4.69) is 4.72 Å². The van der Waals surface area contributed by atoms with Crippen LogP contribution in [0.4, 0.5) is 0 Å². The van der Waals surface area contributed by atoms with E-state index < -0.39 is 25.9 Å². The van der Waals surface area contributed by atoms with E-state index in [1.165, 1.54) is 32.2 Å². The largest absolute Gasteiger partial charge is 0.495 e. The van der Waals surface area contributed by atoms with Crippen LogP contribution in [-0.2, 0) is 19.9 Å². The van der Waals surface area contributed by atoms with Crippen molar-refractivity contribution in [3.05, 3.63) is 23.2 Å². The smallest absolute Gasteiger partial charge is 0.240 e. The lowest BCUT2D eigenvalue weighted by Crippen LogP contribution is -2.37. The molecule has 0 bridgehead atoms. The summed E-state index contributed by atoms with van der Waals surface area (Å²) >= 11 is 5.87. The number of methoxy groups -OCH3 is 1. The second-order valence-electron chi connectivity index (χ2n) is 4.41. The average molecular weight is 342 g/mol. The van der Waals surface area contributed by atoms with Gasteiger partial charge in [-0.1, -0.05) is 11.6 Å². The molecule has 1 N–H and O–H groups in total. The minimum Gasteiger partial charge on any atom is -0.495 e. The van der Waals surface area contributed by atoms with Crippen LogP contribution in [0, 0.1) is 0 Å². The zero-order valence-electron chi connectivity index (χ0n) is 11.3. The summed E-state index contributed by atoms with van der Waals surface area (Å²) in [5.41, 5.74) is 0. The molecule has 114 valence electrons. The Morgan fingerprint density at radius 2 is 1.90 bits per heavy atom. The van der Waals surface area contributed by atoms with Crippen molar-refractivity contribution < 1.29 is 21.6 Å². The molecule has 0 fully saturated rings. The van der Waals surface area contributed by atoms with Crippen molar-refractivity contribution in [3.63, 3.8) is 0 Å². The zero-order chi connectivity index (χ0) is 15.6. The number of sulfone groups is 1. The molecule has 0 aromatic heterocycles. The van der Waals surface area contributed by atoms with E-state index in [-0.39, 0.29) is 15.7 Å². The molecule has 0 amide bonds. The molecule has 0 aliphatic rings. The predicted octanol–water partition coefficient (Wildman–Crippen LogP) is 1.06. The third kappa shape index (κ3) is 4.93. The van der Waals surface area contributed by atoms with E-state index in [0.717, 1.165) is 6.26 Å². The van der Waals surface area contributed by atoms with Crippen molar-refractivity contribution in [1.82, 2.24) is 4.72 Å². The first-order chi connectivity index (χ1) is 9.05. The summed E-state index contributed by atoms with van der Waals surface area (Å²) in [4.78, 5) is -0.0522. The summed E-state index contributed by atoms with van der Waals surface area (Å²) in [5, 5.41) is 0.158. The molecule has 1 atom stereocenters. The van der Waals surface area contributed by atoms with Gasteiger partial charge in [-0.05, 0) is 25.1 Å². The number of sulfonamides is 1. The standard InChI is InChI=1S/C11H16ClNO5S2/c1-8(7-19(3,14)15)13-20(16,17)9-4-5-11(18-2)10(12)6-9/h4-6,8,13H,7H2,1-3H3/t8-/m1/s1. The number of halogens is 1. The SMILES string of the molecule is COc1ccc(S(=O)(=O)N[C@H](C)CS(C)(=O)=O)cc1Cl. The molecule has 0 radical (unpaired) electrons. The lowest BCUT2D eigenvalue weighted by Gasteiger charge is -2.14. The molecule has 9 heteroatoms. The van der Waals surface area contributed by atoms with Crippen LogP contribution in [0.2, 0.25) is 5.02 Å². The van der Waals surface area contributed by atoms with Crippen LogP contribution in [0.5, 0.6) is 5.75 Å². The average Bonchev–Trinajstić information content (AvgIpc) is 2.25. The topological polar surface area (TPSA) is 89.5 Å². The maximum atomic E-state index is 12.1. The van der Waals surface area contributed by atoms with Crippen molar-refractivity contribution in [1.29, 1.82) is 0 Å². The van der Waals surface area contributed by atoms with Gasteiger partial charge in [0.1, 0.15) is 15.6 Å². The van der Waals surface area contributed by atoms with E-state index in [1.54, 1.807) is 0 Å². The summed E-state index contributed by atoms with van der Waals surface area (Å²) in [6.07, 6.45) is 1.04. The molecule has 0 heterocycles. The Kier molecular flexibility index (Phi) is 5.42. The first-order valence-electron chi connectivity index (χ1n) is 5.59. The van der Waals surface area contributed by atoms with Gasteiger partial charge < -0.3 is 4.74 Å². The minimum absolute atomic E-state index is 0.0522. The third-order valence-corrected chi connectivity index (χ3v) is 5.33. The van der Waals surface area contributed by atoms with Gasteiger partial charge in [-0.25, -0.2) is 21.6 Å². The van der Waals surface area contributed by atoms with Gasteiger partial charge in [0.15, 0.2) is 0 Å². The Balaban J connectivity index is 2.97. The quantitative estimate of drug-likeness (QED) is 0.835. The van der Waals surface area contributed by atoms with E-state index in [4.69, 9.17) is 16.3 Å². The number of rotatable bonds is 6. The van der Waals surface area contributed by atoms with Gasteiger partial charge in [0.2, 0.25) is 10.0 Å². The van der Waals surface area contributed by atoms with E-state index in [1.807, 2.05) is 0 Å². The van der Waals surface area contributed by atoms with Crippen molar-refractivity contribution >= 4 is 31.5 Å². The van der Waals surface area contributed by atoms with Crippen LogP contribution in [-0.4, -0.2) is 42.0 Å². The van der Waals surface area contributed by atoms with Crippen molar-refractivity contribution in [3.8, 4) is 5.75 Å². The Labute approximate surface area is 124 Å². The molecular formula is C11H16ClNO5S2. The molecule has 0 saturated heterocycles. The molecule has 1 aromatic carbocycles. The maximum Gasteiger partial charge on any atom is 0.240 e. The Morgan fingerprint density at radius 3 is 2.35 bits per heavy atom. The number of benzene rings is 1. The minimum atomic E-state index is -3.83. The van der Waals surface area contributed by atoms with Crippen LogP contribution in [0.15, 0.2) is 23.1 Å². The summed E-state index contributed by atoms with van der Waals surface area (Å²) in [6, 6.07) is 3.27. The van der Waals surface area contributed by atoms with Crippen molar-refractivity contribution in [2.24, 2.45) is 0 Å². The summed E-state index contributed by atoms with van der Waals surface area (Å²) in [6.45, 7) is 1.48. The fourth-order valence-electron chi connectivity index (χ4n) is 1.64. The number of ether oxygens (including phenoxy) is 1. The molecule has 0 aliphatic carbocycles. The molecule has 6 nitrogen and oxygen atoms in total. The third-order valence-electron chi connectivity index (χ3n) is 2.34. The number of hydrogen-bond acceptors (Lipinski definition) is 5. The molecule has 1 rings (SSSR count). The molecule has 0 spiro atoms. The fourth-order valence-corrected chi connectivity index (χ4v) is 4.32. The monoisotopic (exact) mass is 341 g/mol. The van der Waals surface area contributed by atoms with Crippen LogP contribution in [0.1, 0.15) is 6.92 Å². The Morgan fingerprint density at radius 1 is 1.30 bits per heavy atom. The van der Waals surface area contributed by atoms with E-state index in [0.29, 0.717) is 5.75 Å². The van der Waals surface area contributed by atoms with E-state index >= 15 is 0 Å². The zero-order valence-corrected chi connectivity index (χ0v) is 13.6. The highest BCUT2D eigenvalue weighted by Crippen LogP contribution is 2.26. The van der Waals surface area contributed by atoms with Crippen molar-refractivity contribution in [2.75, 3.05) is 19.1 Å². The van der Waals surface area contributed by atoms with Gasteiger partial charge in [-0.2, -0.15) is 0 Å². The predicted molar refractivity (Wildman–Crippen MR) is 77.5 cm³/mol. The molecule has 0 saturated carbocycles. The van der Waals surface area contributed by atoms with Gasteiger partial charge in [-0.15, -0.1) is 0 Å². The van der Waals surface area contributed by atoms with Crippen LogP contribution < -0.4 is 9.46 Å². The first-order valence-corrected chi connectivity index (χ1v) is 9.51. The van der Waals surface area contributed by atoms with Gasteiger partial charge in [0.25, 0.3) is 0 Å². The summed E-state index contributed by atoms with van der Waals surface area (Å²) < 4.78 is 53.6. The van der Waals surface area contributed by atoms with Crippen LogP contribution >= 0.6 is 11.6 Å². The second-order valence-corrected chi connectivity index (χ2v) is 8.72.